The van der Waals surface area contributed by atoms with Crippen molar-refractivity contribution in [1.29, 1.82) is 0 Å². The highest BCUT2D eigenvalue weighted by Gasteiger charge is 2.07. The Labute approximate surface area is 137 Å². The first-order valence-corrected chi connectivity index (χ1v) is 8.38. The number of rotatable bonds is 8. The molecule has 0 amide bonds. The lowest BCUT2D eigenvalue weighted by molar-refractivity contribution is 0.198. The molecular formula is C15H19BrN2O2S. The van der Waals surface area contributed by atoms with E-state index in [9.17, 15) is 0 Å². The van der Waals surface area contributed by atoms with Crippen LogP contribution >= 0.6 is 27.3 Å². The second-order valence-corrected chi connectivity index (χ2v) is 6.50. The monoisotopic (exact) mass is 370 g/mol. The molecule has 0 aliphatic heterocycles. The van der Waals surface area contributed by atoms with E-state index in [0.717, 1.165) is 28.2 Å². The Hall–Kier alpha value is -0.950. The summed E-state index contributed by atoms with van der Waals surface area (Å²) in [7, 11) is 1.69. The highest BCUT2D eigenvalue weighted by Crippen LogP contribution is 2.23. The fraction of sp³-hybridized carbons (Fsp3) is 0.400. The van der Waals surface area contributed by atoms with Gasteiger partial charge in [-0.2, -0.15) is 0 Å². The van der Waals surface area contributed by atoms with Crippen LogP contribution in [0.3, 0.4) is 0 Å². The number of nitrogens with zero attached hydrogens (tertiary/aromatic N) is 1. The van der Waals surface area contributed by atoms with Crippen LogP contribution in [-0.2, 0) is 17.9 Å². The standard InChI is InChI=1S/C15H19BrN2O2S/c1-11-3-4-15(14(18-11)8-17-5-6-19-2)20-9-13-7-12(16)10-21-13/h3-4,7,10,17H,5-6,8-9H2,1-2H3. The maximum absolute atomic E-state index is 5.90. The van der Waals surface area contributed by atoms with Crippen molar-refractivity contribution in [2.45, 2.75) is 20.1 Å². The molecule has 0 spiro atoms. The van der Waals surface area contributed by atoms with E-state index in [-0.39, 0.29) is 0 Å². The summed E-state index contributed by atoms with van der Waals surface area (Å²) in [6, 6.07) is 6.03. The summed E-state index contributed by atoms with van der Waals surface area (Å²) in [5.74, 6) is 0.829. The van der Waals surface area contributed by atoms with Gasteiger partial charge in [0.1, 0.15) is 12.4 Å². The molecule has 0 aliphatic rings. The summed E-state index contributed by atoms with van der Waals surface area (Å²) in [4.78, 5) is 5.74. The molecule has 0 unspecified atom stereocenters. The number of aryl methyl sites for hydroxylation is 1. The number of methoxy groups -OCH3 is 1. The lowest BCUT2D eigenvalue weighted by Gasteiger charge is -2.11. The van der Waals surface area contributed by atoms with Gasteiger partial charge in [0.2, 0.25) is 0 Å². The van der Waals surface area contributed by atoms with Crippen LogP contribution in [0.5, 0.6) is 5.75 Å². The molecule has 1 N–H and O–H groups in total. The molecule has 2 aromatic heterocycles. The van der Waals surface area contributed by atoms with Gasteiger partial charge in [-0.3, -0.25) is 4.98 Å². The molecule has 2 heterocycles. The second kappa shape index (κ2) is 8.48. The van der Waals surface area contributed by atoms with E-state index in [1.807, 2.05) is 19.1 Å². The number of ether oxygens (including phenoxy) is 2. The Morgan fingerprint density at radius 2 is 2.24 bits per heavy atom. The van der Waals surface area contributed by atoms with Crippen LogP contribution in [0.1, 0.15) is 16.3 Å². The fourth-order valence-electron chi connectivity index (χ4n) is 1.82. The summed E-state index contributed by atoms with van der Waals surface area (Å²) in [5.41, 5.74) is 1.92. The maximum atomic E-state index is 5.90. The number of hydrogen-bond donors (Lipinski definition) is 1. The van der Waals surface area contributed by atoms with Gasteiger partial charge in [-0.25, -0.2) is 0 Å². The predicted molar refractivity (Wildman–Crippen MR) is 88.9 cm³/mol. The van der Waals surface area contributed by atoms with Crippen molar-refractivity contribution >= 4 is 27.3 Å². The van der Waals surface area contributed by atoms with E-state index < -0.39 is 0 Å². The molecule has 0 aliphatic carbocycles. The Bertz CT molecular complexity index is 575. The van der Waals surface area contributed by atoms with Gasteiger partial charge in [-0.15, -0.1) is 11.3 Å². The molecule has 0 fully saturated rings. The fourth-order valence-corrected chi connectivity index (χ4v) is 3.18. The zero-order valence-electron chi connectivity index (χ0n) is 12.2. The number of thiophene rings is 1. The zero-order valence-corrected chi connectivity index (χ0v) is 14.6. The number of pyridine rings is 1. The first-order chi connectivity index (χ1) is 10.2. The highest BCUT2D eigenvalue weighted by atomic mass is 79.9. The van der Waals surface area contributed by atoms with Gasteiger partial charge in [0.25, 0.3) is 0 Å². The van der Waals surface area contributed by atoms with Gasteiger partial charge in [-0.05, 0) is 41.1 Å². The van der Waals surface area contributed by atoms with Gasteiger partial charge in [-0.1, -0.05) is 0 Å². The quantitative estimate of drug-likeness (QED) is 0.721. The van der Waals surface area contributed by atoms with Crippen molar-refractivity contribution in [2.75, 3.05) is 20.3 Å². The van der Waals surface area contributed by atoms with E-state index >= 15 is 0 Å². The predicted octanol–water partition coefficient (Wildman–Crippen LogP) is 3.53. The third-order valence-corrected chi connectivity index (χ3v) is 4.51. The zero-order chi connectivity index (χ0) is 15.1. The van der Waals surface area contributed by atoms with Crippen molar-refractivity contribution < 1.29 is 9.47 Å². The molecule has 21 heavy (non-hydrogen) atoms. The average Bonchev–Trinajstić information content (AvgIpc) is 2.88. The van der Waals surface area contributed by atoms with E-state index in [0.29, 0.717) is 19.8 Å². The molecule has 114 valence electrons. The average molecular weight is 371 g/mol. The van der Waals surface area contributed by atoms with E-state index in [1.165, 1.54) is 4.88 Å². The normalized spacial score (nSPS) is 10.8. The largest absolute Gasteiger partial charge is 0.486 e. The smallest absolute Gasteiger partial charge is 0.142 e. The minimum Gasteiger partial charge on any atom is -0.486 e. The van der Waals surface area contributed by atoms with Crippen LogP contribution in [0.2, 0.25) is 0 Å². The van der Waals surface area contributed by atoms with Crippen LogP contribution < -0.4 is 10.1 Å². The van der Waals surface area contributed by atoms with Gasteiger partial charge in [0.15, 0.2) is 0 Å². The summed E-state index contributed by atoms with van der Waals surface area (Å²) in [6.07, 6.45) is 0. The Balaban J connectivity index is 1.97. The summed E-state index contributed by atoms with van der Waals surface area (Å²) >= 11 is 5.13. The molecule has 0 saturated heterocycles. The van der Waals surface area contributed by atoms with Crippen LogP contribution in [0.25, 0.3) is 0 Å². The lowest BCUT2D eigenvalue weighted by atomic mass is 10.3. The molecule has 0 aromatic carbocycles. The molecule has 2 aromatic rings. The van der Waals surface area contributed by atoms with Crippen LogP contribution in [0.15, 0.2) is 28.1 Å². The molecule has 0 radical (unpaired) electrons. The van der Waals surface area contributed by atoms with Crippen molar-refractivity contribution in [2.24, 2.45) is 0 Å². The second-order valence-electron chi connectivity index (χ2n) is 4.59. The topological polar surface area (TPSA) is 43.4 Å². The Morgan fingerprint density at radius 1 is 1.38 bits per heavy atom. The first-order valence-electron chi connectivity index (χ1n) is 6.71. The third kappa shape index (κ3) is 5.39. The van der Waals surface area contributed by atoms with Gasteiger partial charge in [0, 0.05) is 40.6 Å². The van der Waals surface area contributed by atoms with Gasteiger partial charge in [0.05, 0.1) is 12.3 Å². The third-order valence-electron chi connectivity index (χ3n) is 2.84. The van der Waals surface area contributed by atoms with Crippen molar-refractivity contribution in [3.8, 4) is 5.75 Å². The van der Waals surface area contributed by atoms with Crippen molar-refractivity contribution in [3.63, 3.8) is 0 Å². The summed E-state index contributed by atoms with van der Waals surface area (Å²) < 4.78 is 12.0. The first kappa shape index (κ1) is 16.4. The van der Waals surface area contributed by atoms with Crippen LogP contribution in [0, 0.1) is 6.92 Å². The lowest BCUT2D eigenvalue weighted by Crippen LogP contribution is -2.20. The van der Waals surface area contributed by atoms with E-state index in [2.05, 4.69) is 37.7 Å². The van der Waals surface area contributed by atoms with Gasteiger partial charge < -0.3 is 14.8 Å². The summed E-state index contributed by atoms with van der Waals surface area (Å²) in [5, 5.41) is 5.35. The number of aromatic nitrogens is 1. The summed E-state index contributed by atoms with van der Waals surface area (Å²) in [6.45, 7) is 4.70. The number of halogens is 1. The molecule has 6 heteroatoms. The van der Waals surface area contributed by atoms with Crippen molar-refractivity contribution in [1.82, 2.24) is 10.3 Å². The van der Waals surface area contributed by atoms with Crippen LogP contribution in [-0.4, -0.2) is 25.2 Å². The highest BCUT2D eigenvalue weighted by molar-refractivity contribution is 9.10. The number of hydrogen-bond acceptors (Lipinski definition) is 5. The Morgan fingerprint density at radius 3 is 2.95 bits per heavy atom. The van der Waals surface area contributed by atoms with Crippen LogP contribution in [0.4, 0.5) is 0 Å². The number of nitrogens with one attached hydrogen (secondary N) is 1. The SMILES string of the molecule is COCCNCc1nc(C)ccc1OCc1cc(Br)cs1. The van der Waals surface area contributed by atoms with Gasteiger partial charge >= 0.3 is 0 Å². The maximum Gasteiger partial charge on any atom is 0.142 e. The minimum absolute atomic E-state index is 0.562. The molecular weight excluding hydrogens is 352 g/mol. The molecule has 4 nitrogen and oxygen atoms in total. The van der Waals surface area contributed by atoms with Crippen molar-refractivity contribution in [3.05, 3.63) is 44.3 Å². The Kier molecular flexibility index (Phi) is 6.63. The van der Waals surface area contributed by atoms with E-state index in [4.69, 9.17) is 9.47 Å². The minimum atomic E-state index is 0.562. The molecule has 0 atom stereocenters. The van der Waals surface area contributed by atoms with E-state index in [1.54, 1.807) is 18.4 Å². The molecule has 2 rings (SSSR count). The molecule has 0 bridgehead atoms. The molecule has 0 saturated carbocycles.